The molecule has 0 amide bonds. The van der Waals surface area contributed by atoms with Gasteiger partial charge in [0.2, 0.25) is 0 Å². The molecular formula is C62H110O6. The molecule has 0 aromatic heterocycles. The number of allylic oxidation sites excluding steroid dienone is 10. The largest absolute Gasteiger partial charge is 0.462 e. The summed E-state index contributed by atoms with van der Waals surface area (Å²) in [5.41, 5.74) is 0. The summed E-state index contributed by atoms with van der Waals surface area (Å²) in [7, 11) is 0. The molecule has 1 unspecified atom stereocenters. The van der Waals surface area contributed by atoms with Gasteiger partial charge < -0.3 is 14.2 Å². The quantitative estimate of drug-likeness (QED) is 0.0262. The van der Waals surface area contributed by atoms with Crippen molar-refractivity contribution >= 4 is 17.9 Å². The summed E-state index contributed by atoms with van der Waals surface area (Å²) in [4.78, 5) is 38.2. The second-order valence-electron chi connectivity index (χ2n) is 19.5. The smallest absolute Gasteiger partial charge is 0.306 e. The van der Waals surface area contributed by atoms with E-state index in [1.54, 1.807) is 0 Å². The van der Waals surface area contributed by atoms with Crippen molar-refractivity contribution in [3.8, 4) is 0 Å². The Morgan fingerprint density at radius 2 is 0.529 bits per heavy atom. The molecule has 0 N–H and O–H groups in total. The van der Waals surface area contributed by atoms with Crippen LogP contribution in [0, 0.1) is 0 Å². The van der Waals surface area contributed by atoms with E-state index in [-0.39, 0.29) is 31.1 Å². The molecule has 394 valence electrons. The zero-order chi connectivity index (χ0) is 49.3. The normalized spacial score (nSPS) is 12.5. The Morgan fingerprint density at radius 1 is 0.294 bits per heavy atom. The Kier molecular flexibility index (Phi) is 54.3. The first-order chi connectivity index (χ1) is 33.5. The van der Waals surface area contributed by atoms with E-state index in [2.05, 4.69) is 81.5 Å². The predicted octanol–water partition coefficient (Wildman–Crippen LogP) is 19.6. The van der Waals surface area contributed by atoms with Crippen LogP contribution in [0.3, 0.4) is 0 Å². The highest BCUT2D eigenvalue weighted by atomic mass is 16.6. The van der Waals surface area contributed by atoms with Gasteiger partial charge in [0, 0.05) is 19.3 Å². The summed E-state index contributed by atoms with van der Waals surface area (Å²) < 4.78 is 16.9. The lowest BCUT2D eigenvalue weighted by molar-refractivity contribution is -0.167. The molecular weight excluding hydrogens is 841 g/mol. The SMILES string of the molecule is CCCCC/C=C\C/C=C\CCCCCCCCCCCC(=O)OCC(COC(=O)CCCCCCC/C=C\CCCCCCC)OC(=O)CCCCCCCCC/C=C\C/C=C\CCCCC. The van der Waals surface area contributed by atoms with Gasteiger partial charge in [-0.3, -0.25) is 14.4 Å². The topological polar surface area (TPSA) is 78.9 Å². The summed E-state index contributed by atoms with van der Waals surface area (Å²) in [6.07, 6.45) is 70.6. The van der Waals surface area contributed by atoms with Crippen molar-refractivity contribution in [1.82, 2.24) is 0 Å². The molecule has 6 nitrogen and oxygen atoms in total. The minimum Gasteiger partial charge on any atom is -0.462 e. The maximum Gasteiger partial charge on any atom is 0.306 e. The third-order valence-electron chi connectivity index (χ3n) is 12.7. The molecule has 6 heteroatoms. The number of unbranched alkanes of at least 4 members (excludes halogenated alkanes) is 32. The van der Waals surface area contributed by atoms with E-state index in [1.165, 1.54) is 173 Å². The van der Waals surface area contributed by atoms with Gasteiger partial charge in [-0.25, -0.2) is 0 Å². The Bertz CT molecular complexity index is 1230. The van der Waals surface area contributed by atoms with Gasteiger partial charge in [0.1, 0.15) is 13.2 Å². The Hall–Kier alpha value is -2.89. The Morgan fingerprint density at radius 3 is 0.853 bits per heavy atom. The molecule has 0 aliphatic heterocycles. The van der Waals surface area contributed by atoms with Gasteiger partial charge in [-0.15, -0.1) is 0 Å². The van der Waals surface area contributed by atoms with Crippen LogP contribution in [0.2, 0.25) is 0 Å². The molecule has 0 fully saturated rings. The molecule has 0 aromatic carbocycles. The lowest BCUT2D eigenvalue weighted by Gasteiger charge is -2.18. The number of hydrogen-bond donors (Lipinski definition) is 0. The maximum atomic E-state index is 12.9. The molecule has 0 saturated carbocycles. The van der Waals surface area contributed by atoms with Crippen LogP contribution in [-0.2, 0) is 28.6 Å². The minimum atomic E-state index is -0.783. The van der Waals surface area contributed by atoms with Gasteiger partial charge in [-0.05, 0) is 109 Å². The number of rotatable bonds is 53. The van der Waals surface area contributed by atoms with Crippen LogP contribution in [0.25, 0.3) is 0 Å². The highest BCUT2D eigenvalue weighted by molar-refractivity contribution is 5.71. The van der Waals surface area contributed by atoms with Crippen molar-refractivity contribution < 1.29 is 28.6 Å². The average Bonchev–Trinajstić information content (AvgIpc) is 3.34. The standard InChI is InChI=1S/C62H110O6/c1-4-7-10-13-16-19-22-25-28-30-31-33-34-37-40-43-46-49-52-55-61(64)67-58-59(57-66-60(63)54-51-48-45-42-39-36-27-24-21-18-15-12-9-6-3)68-62(65)56-53-50-47-44-41-38-35-32-29-26-23-20-17-14-11-8-5-2/h16-17,19-20,24-29,59H,4-15,18,21-23,30-58H2,1-3H3/b19-16-,20-17-,27-24-,28-25-,29-26-. The number of esters is 3. The molecule has 1 atom stereocenters. The van der Waals surface area contributed by atoms with Gasteiger partial charge in [-0.2, -0.15) is 0 Å². The first kappa shape index (κ1) is 65.1. The molecule has 0 spiro atoms. The van der Waals surface area contributed by atoms with Crippen molar-refractivity contribution in [1.29, 1.82) is 0 Å². The average molecular weight is 952 g/mol. The number of carbonyl (C=O) groups excluding carboxylic acids is 3. The zero-order valence-electron chi connectivity index (χ0n) is 45.1. The Labute approximate surface area is 421 Å². The fourth-order valence-electron chi connectivity index (χ4n) is 8.26. The van der Waals surface area contributed by atoms with Crippen LogP contribution in [0.5, 0.6) is 0 Å². The third kappa shape index (κ3) is 54.1. The highest BCUT2D eigenvalue weighted by Gasteiger charge is 2.19. The monoisotopic (exact) mass is 951 g/mol. The highest BCUT2D eigenvalue weighted by Crippen LogP contribution is 2.15. The van der Waals surface area contributed by atoms with Crippen molar-refractivity contribution in [2.45, 2.75) is 303 Å². The molecule has 0 rings (SSSR count). The fourth-order valence-corrected chi connectivity index (χ4v) is 8.26. The summed E-state index contributed by atoms with van der Waals surface area (Å²) in [6.45, 7) is 6.59. The van der Waals surface area contributed by atoms with Crippen LogP contribution < -0.4 is 0 Å². The summed E-state index contributed by atoms with van der Waals surface area (Å²) in [5.74, 6) is -0.891. The third-order valence-corrected chi connectivity index (χ3v) is 12.7. The van der Waals surface area contributed by atoms with E-state index in [9.17, 15) is 14.4 Å². The first-order valence-corrected chi connectivity index (χ1v) is 29.3. The second kappa shape index (κ2) is 56.7. The van der Waals surface area contributed by atoms with Crippen LogP contribution in [-0.4, -0.2) is 37.2 Å². The number of ether oxygens (including phenoxy) is 3. The number of carbonyl (C=O) groups is 3. The van der Waals surface area contributed by atoms with Gasteiger partial charge in [0.05, 0.1) is 0 Å². The van der Waals surface area contributed by atoms with E-state index in [4.69, 9.17) is 14.2 Å². The van der Waals surface area contributed by atoms with Crippen LogP contribution >= 0.6 is 0 Å². The van der Waals surface area contributed by atoms with E-state index < -0.39 is 6.10 Å². The van der Waals surface area contributed by atoms with E-state index >= 15 is 0 Å². The van der Waals surface area contributed by atoms with Gasteiger partial charge in [0.25, 0.3) is 0 Å². The van der Waals surface area contributed by atoms with Crippen molar-refractivity contribution in [2.75, 3.05) is 13.2 Å². The van der Waals surface area contributed by atoms with Crippen LogP contribution in [0.1, 0.15) is 297 Å². The molecule has 0 bridgehead atoms. The summed E-state index contributed by atoms with van der Waals surface area (Å²) >= 11 is 0. The molecule has 0 radical (unpaired) electrons. The molecule has 0 aliphatic rings. The lowest BCUT2D eigenvalue weighted by Crippen LogP contribution is -2.30. The van der Waals surface area contributed by atoms with Gasteiger partial charge >= 0.3 is 17.9 Å². The first-order valence-electron chi connectivity index (χ1n) is 29.3. The predicted molar refractivity (Wildman–Crippen MR) is 293 cm³/mol. The molecule has 0 heterocycles. The Balaban J connectivity index is 4.38. The number of hydrogen-bond acceptors (Lipinski definition) is 6. The molecule has 0 aliphatic carbocycles. The van der Waals surface area contributed by atoms with Crippen LogP contribution in [0.15, 0.2) is 60.8 Å². The van der Waals surface area contributed by atoms with Crippen molar-refractivity contribution in [2.24, 2.45) is 0 Å². The zero-order valence-corrected chi connectivity index (χ0v) is 45.1. The van der Waals surface area contributed by atoms with Gasteiger partial charge in [0.15, 0.2) is 6.10 Å². The van der Waals surface area contributed by atoms with Crippen molar-refractivity contribution in [3.63, 3.8) is 0 Å². The molecule has 0 aromatic rings. The molecule has 0 saturated heterocycles. The summed E-state index contributed by atoms with van der Waals surface area (Å²) in [5, 5.41) is 0. The maximum absolute atomic E-state index is 12.9. The van der Waals surface area contributed by atoms with E-state index in [0.29, 0.717) is 19.3 Å². The second-order valence-corrected chi connectivity index (χ2v) is 19.5. The van der Waals surface area contributed by atoms with E-state index in [0.717, 1.165) is 83.5 Å². The minimum absolute atomic E-state index is 0.0813. The summed E-state index contributed by atoms with van der Waals surface area (Å²) in [6, 6.07) is 0. The van der Waals surface area contributed by atoms with Crippen molar-refractivity contribution in [3.05, 3.63) is 60.8 Å². The van der Waals surface area contributed by atoms with E-state index in [1.807, 2.05) is 0 Å². The fraction of sp³-hybridized carbons (Fsp3) is 0.790. The molecule has 68 heavy (non-hydrogen) atoms. The van der Waals surface area contributed by atoms with Gasteiger partial charge in [-0.1, -0.05) is 229 Å². The van der Waals surface area contributed by atoms with Crippen LogP contribution in [0.4, 0.5) is 0 Å². The lowest BCUT2D eigenvalue weighted by atomic mass is 10.1.